The third-order valence-electron chi connectivity index (χ3n) is 4.37. The van der Waals surface area contributed by atoms with Crippen molar-refractivity contribution < 1.29 is 9.53 Å². The summed E-state index contributed by atoms with van der Waals surface area (Å²) < 4.78 is 8.06. The number of hydrogen-bond donors (Lipinski definition) is 1. The van der Waals surface area contributed by atoms with Gasteiger partial charge in [-0.1, -0.05) is 70.0 Å². The summed E-state index contributed by atoms with van der Waals surface area (Å²) >= 11 is 9.50. The summed E-state index contributed by atoms with van der Waals surface area (Å²) in [7, 11) is 0. The molecule has 0 spiro atoms. The topological polar surface area (TPSA) is 56.2 Å². The molecule has 4 aromatic rings. The van der Waals surface area contributed by atoms with E-state index < -0.39 is 0 Å². The number of hydrogen-bond acceptors (Lipinski definition) is 3. The summed E-state index contributed by atoms with van der Waals surface area (Å²) in [5, 5.41) is 7.61. The highest BCUT2D eigenvalue weighted by Crippen LogP contribution is 2.28. The number of rotatable bonds is 6. The standard InChI is InChI=1S/C23H17BrClN3O2/c24-18-8-11-22(20(25)14-18)30-15-28-13-12-21(27-28)23(29)26-19-9-6-17(7-10-19)16-4-2-1-3-5-16/h1-14H,15H2,(H,26,29). The lowest BCUT2D eigenvalue weighted by Crippen LogP contribution is -2.14. The number of carbonyl (C=O) groups excluding carboxylic acids is 1. The minimum absolute atomic E-state index is 0.139. The second kappa shape index (κ2) is 9.15. The van der Waals surface area contributed by atoms with E-state index in [1.54, 1.807) is 24.4 Å². The van der Waals surface area contributed by atoms with Gasteiger partial charge in [-0.3, -0.25) is 4.79 Å². The van der Waals surface area contributed by atoms with Crippen LogP contribution < -0.4 is 10.1 Å². The number of benzene rings is 3. The largest absolute Gasteiger partial charge is 0.470 e. The van der Waals surface area contributed by atoms with Crippen LogP contribution in [0.2, 0.25) is 5.02 Å². The molecule has 0 aliphatic heterocycles. The second-order valence-corrected chi connectivity index (χ2v) is 7.81. The first-order valence-corrected chi connectivity index (χ1v) is 10.3. The van der Waals surface area contributed by atoms with Gasteiger partial charge in [-0.05, 0) is 47.5 Å². The molecule has 5 nitrogen and oxygen atoms in total. The molecule has 1 amide bonds. The molecule has 0 unspecified atom stereocenters. The van der Waals surface area contributed by atoms with Gasteiger partial charge in [0.05, 0.1) is 5.02 Å². The summed E-state index contributed by atoms with van der Waals surface area (Å²) in [6, 6.07) is 24.7. The fraction of sp³-hybridized carbons (Fsp3) is 0.0435. The zero-order valence-corrected chi connectivity index (χ0v) is 18.1. The minimum Gasteiger partial charge on any atom is -0.470 e. The molecule has 1 heterocycles. The van der Waals surface area contributed by atoms with Gasteiger partial charge in [0, 0.05) is 16.4 Å². The summed E-state index contributed by atoms with van der Waals surface area (Å²) in [5.74, 6) is 0.253. The molecule has 7 heteroatoms. The number of nitrogens with one attached hydrogen (secondary N) is 1. The van der Waals surface area contributed by atoms with E-state index in [4.69, 9.17) is 16.3 Å². The van der Waals surface area contributed by atoms with Crippen LogP contribution >= 0.6 is 27.5 Å². The van der Waals surface area contributed by atoms with Crippen molar-refractivity contribution in [3.63, 3.8) is 0 Å². The molecule has 30 heavy (non-hydrogen) atoms. The van der Waals surface area contributed by atoms with E-state index >= 15 is 0 Å². The Hall–Kier alpha value is -3.09. The van der Waals surface area contributed by atoms with E-state index in [0.29, 0.717) is 22.2 Å². The molecule has 0 fully saturated rings. The molecule has 0 bridgehead atoms. The van der Waals surface area contributed by atoms with E-state index in [-0.39, 0.29) is 12.6 Å². The lowest BCUT2D eigenvalue weighted by Gasteiger charge is -2.08. The molecule has 0 radical (unpaired) electrons. The second-order valence-electron chi connectivity index (χ2n) is 6.49. The van der Waals surface area contributed by atoms with Gasteiger partial charge in [0.25, 0.3) is 5.91 Å². The summed E-state index contributed by atoms with van der Waals surface area (Å²) in [6.45, 7) is 0.139. The first-order chi connectivity index (χ1) is 14.6. The first kappa shape index (κ1) is 20.2. The molecule has 150 valence electrons. The number of halogens is 2. The maximum absolute atomic E-state index is 12.5. The average Bonchev–Trinajstić information content (AvgIpc) is 3.24. The third kappa shape index (κ3) is 4.90. The van der Waals surface area contributed by atoms with Gasteiger partial charge in [-0.15, -0.1) is 0 Å². The van der Waals surface area contributed by atoms with E-state index in [1.807, 2.05) is 60.7 Å². The number of aromatic nitrogens is 2. The molecule has 0 saturated carbocycles. The van der Waals surface area contributed by atoms with Crippen molar-refractivity contribution in [1.29, 1.82) is 0 Å². The maximum Gasteiger partial charge on any atom is 0.276 e. The van der Waals surface area contributed by atoms with Gasteiger partial charge in [-0.25, -0.2) is 4.68 Å². The van der Waals surface area contributed by atoms with Crippen molar-refractivity contribution in [3.05, 3.63) is 100 Å². The number of carbonyl (C=O) groups is 1. The average molecular weight is 483 g/mol. The van der Waals surface area contributed by atoms with Crippen LogP contribution in [0.25, 0.3) is 11.1 Å². The Morgan fingerprint density at radius 3 is 2.47 bits per heavy atom. The highest BCUT2D eigenvalue weighted by Gasteiger charge is 2.11. The monoisotopic (exact) mass is 481 g/mol. The van der Waals surface area contributed by atoms with Crippen LogP contribution in [0.4, 0.5) is 5.69 Å². The molecule has 0 atom stereocenters. The Kier molecular flexibility index (Phi) is 6.16. The predicted molar refractivity (Wildman–Crippen MR) is 122 cm³/mol. The van der Waals surface area contributed by atoms with Gasteiger partial charge in [0.1, 0.15) is 5.75 Å². The molecule has 3 aromatic carbocycles. The van der Waals surface area contributed by atoms with Crippen LogP contribution in [-0.2, 0) is 6.73 Å². The fourth-order valence-corrected chi connectivity index (χ4v) is 3.58. The molecular weight excluding hydrogens is 466 g/mol. The zero-order chi connectivity index (χ0) is 20.9. The molecule has 1 N–H and O–H groups in total. The summed E-state index contributed by atoms with van der Waals surface area (Å²) in [6.07, 6.45) is 1.68. The fourth-order valence-electron chi connectivity index (χ4n) is 2.85. The van der Waals surface area contributed by atoms with E-state index in [9.17, 15) is 4.79 Å². The smallest absolute Gasteiger partial charge is 0.276 e. The lowest BCUT2D eigenvalue weighted by molar-refractivity contribution is 0.102. The van der Waals surface area contributed by atoms with Gasteiger partial charge < -0.3 is 10.1 Å². The lowest BCUT2D eigenvalue weighted by atomic mass is 10.1. The Morgan fingerprint density at radius 1 is 1.00 bits per heavy atom. The van der Waals surface area contributed by atoms with Crippen molar-refractivity contribution in [2.75, 3.05) is 5.32 Å². The molecule has 4 rings (SSSR count). The van der Waals surface area contributed by atoms with E-state index in [2.05, 4.69) is 26.3 Å². The van der Waals surface area contributed by atoms with Crippen molar-refractivity contribution in [3.8, 4) is 16.9 Å². The van der Waals surface area contributed by atoms with Crippen LogP contribution in [0, 0.1) is 0 Å². The van der Waals surface area contributed by atoms with Crippen LogP contribution in [-0.4, -0.2) is 15.7 Å². The molecular formula is C23H17BrClN3O2. The van der Waals surface area contributed by atoms with Gasteiger partial charge >= 0.3 is 0 Å². The van der Waals surface area contributed by atoms with Gasteiger partial charge in [0.15, 0.2) is 12.4 Å². The molecule has 1 aromatic heterocycles. The first-order valence-electron chi connectivity index (χ1n) is 9.17. The van der Waals surface area contributed by atoms with Crippen LogP contribution in [0.3, 0.4) is 0 Å². The highest BCUT2D eigenvalue weighted by atomic mass is 79.9. The number of ether oxygens (including phenoxy) is 1. The molecule has 0 aliphatic rings. The Morgan fingerprint density at radius 2 is 1.73 bits per heavy atom. The minimum atomic E-state index is -0.289. The molecule has 0 aliphatic carbocycles. The number of amides is 1. The van der Waals surface area contributed by atoms with Crippen LogP contribution in [0.15, 0.2) is 89.5 Å². The normalized spacial score (nSPS) is 10.6. The van der Waals surface area contributed by atoms with Crippen LogP contribution in [0.5, 0.6) is 5.75 Å². The van der Waals surface area contributed by atoms with Crippen molar-refractivity contribution in [2.24, 2.45) is 0 Å². The SMILES string of the molecule is O=C(Nc1ccc(-c2ccccc2)cc1)c1ccn(COc2ccc(Br)cc2Cl)n1. The van der Waals surface area contributed by atoms with Crippen LogP contribution in [0.1, 0.15) is 10.5 Å². The highest BCUT2D eigenvalue weighted by molar-refractivity contribution is 9.10. The van der Waals surface area contributed by atoms with Crippen molar-refractivity contribution in [1.82, 2.24) is 9.78 Å². The van der Waals surface area contributed by atoms with E-state index in [1.165, 1.54) is 4.68 Å². The zero-order valence-electron chi connectivity index (χ0n) is 15.8. The molecule has 0 saturated heterocycles. The summed E-state index contributed by atoms with van der Waals surface area (Å²) in [5.41, 5.74) is 3.21. The number of anilines is 1. The van der Waals surface area contributed by atoms with Crippen molar-refractivity contribution >= 4 is 39.1 Å². The quantitative estimate of drug-likeness (QED) is 0.353. The number of nitrogens with zero attached hydrogens (tertiary/aromatic N) is 2. The van der Waals surface area contributed by atoms with Crippen molar-refractivity contribution in [2.45, 2.75) is 6.73 Å². The maximum atomic E-state index is 12.5. The third-order valence-corrected chi connectivity index (χ3v) is 5.16. The Labute approximate surface area is 187 Å². The van der Waals surface area contributed by atoms with Gasteiger partial charge in [0.2, 0.25) is 0 Å². The Balaban J connectivity index is 1.37. The Bertz CT molecular complexity index is 1160. The predicted octanol–water partition coefficient (Wildman–Crippen LogP) is 6.25. The van der Waals surface area contributed by atoms with E-state index in [0.717, 1.165) is 15.6 Å². The summed E-state index contributed by atoms with van der Waals surface area (Å²) in [4.78, 5) is 12.5. The van der Waals surface area contributed by atoms with Gasteiger partial charge in [-0.2, -0.15) is 5.10 Å².